The maximum atomic E-state index is 12.1. The second kappa shape index (κ2) is 7.94. The number of rotatable bonds is 2. The molecule has 0 aliphatic carbocycles. The number of carbonyl (C=O) groups is 1. The number of carbonyl (C=O) groups excluding carboxylic acids is 1. The fraction of sp³-hybridized carbons (Fsp3) is 0.636. The summed E-state index contributed by atoms with van der Waals surface area (Å²) in [7, 11) is 0. The van der Waals surface area contributed by atoms with E-state index in [2.05, 4.69) is 4.98 Å². The van der Waals surface area contributed by atoms with E-state index in [9.17, 15) is 4.79 Å². The minimum atomic E-state index is 0. The summed E-state index contributed by atoms with van der Waals surface area (Å²) in [5.41, 5.74) is 8.21. The molecule has 2 heterocycles. The van der Waals surface area contributed by atoms with E-state index in [1.807, 2.05) is 11.8 Å². The Morgan fingerprint density at radius 2 is 2.11 bits per heavy atom. The van der Waals surface area contributed by atoms with Crippen LogP contribution in [0, 0.1) is 12.8 Å². The number of halogens is 2. The van der Waals surface area contributed by atoms with E-state index < -0.39 is 0 Å². The molecular formula is C11H19Cl2N3OS. The molecule has 0 unspecified atom stereocenters. The average Bonchev–Trinajstić information content (AvgIpc) is 2.75. The monoisotopic (exact) mass is 311 g/mol. The maximum Gasteiger partial charge on any atom is 0.265 e. The second-order valence-electron chi connectivity index (χ2n) is 4.24. The van der Waals surface area contributed by atoms with Gasteiger partial charge in [-0.05, 0) is 32.2 Å². The van der Waals surface area contributed by atoms with Gasteiger partial charge < -0.3 is 10.6 Å². The van der Waals surface area contributed by atoms with Crippen LogP contribution in [0.15, 0.2) is 5.51 Å². The van der Waals surface area contributed by atoms with Crippen LogP contribution < -0.4 is 5.73 Å². The molecule has 1 aliphatic heterocycles. The predicted molar refractivity (Wildman–Crippen MR) is 79.0 cm³/mol. The van der Waals surface area contributed by atoms with Crippen LogP contribution in [0.25, 0.3) is 0 Å². The van der Waals surface area contributed by atoms with Gasteiger partial charge in [-0.3, -0.25) is 4.79 Å². The Hall–Kier alpha value is -0.360. The summed E-state index contributed by atoms with van der Waals surface area (Å²) >= 11 is 1.43. The smallest absolute Gasteiger partial charge is 0.265 e. The first kappa shape index (κ1) is 17.6. The zero-order chi connectivity index (χ0) is 11.5. The lowest BCUT2D eigenvalue weighted by Gasteiger charge is -2.31. The van der Waals surface area contributed by atoms with E-state index >= 15 is 0 Å². The maximum absolute atomic E-state index is 12.1. The highest BCUT2D eigenvalue weighted by atomic mass is 35.5. The van der Waals surface area contributed by atoms with Crippen molar-refractivity contribution in [2.24, 2.45) is 11.7 Å². The normalized spacial score (nSPS) is 15.8. The third-order valence-electron chi connectivity index (χ3n) is 3.17. The lowest BCUT2D eigenvalue weighted by Crippen LogP contribution is -2.40. The number of thiazole rings is 1. The first-order chi connectivity index (χ1) is 7.72. The molecule has 0 aromatic carbocycles. The Morgan fingerprint density at radius 3 is 2.56 bits per heavy atom. The van der Waals surface area contributed by atoms with Crippen molar-refractivity contribution in [3.8, 4) is 0 Å². The molecule has 2 rings (SSSR count). The van der Waals surface area contributed by atoms with Crippen molar-refractivity contribution in [1.29, 1.82) is 0 Å². The highest BCUT2D eigenvalue weighted by Gasteiger charge is 2.24. The van der Waals surface area contributed by atoms with Crippen molar-refractivity contribution in [2.45, 2.75) is 19.8 Å². The van der Waals surface area contributed by atoms with Gasteiger partial charge in [0.15, 0.2) is 0 Å². The number of piperidine rings is 1. The summed E-state index contributed by atoms with van der Waals surface area (Å²) in [6, 6.07) is 0. The Labute approximate surface area is 124 Å². The van der Waals surface area contributed by atoms with Crippen LogP contribution in [0.4, 0.5) is 0 Å². The molecular weight excluding hydrogens is 293 g/mol. The molecule has 1 amide bonds. The Bertz CT molecular complexity index is 378. The van der Waals surface area contributed by atoms with Crippen LogP contribution in [0.5, 0.6) is 0 Å². The molecule has 0 spiro atoms. The van der Waals surface area contributed by atoms with Gasteiger partial charge >= 0.3 is 0 Å². The van der Waals surface area contributed by atoms with Crippen LogP contribution in [-0.4, -0.2) is 35.4 Å². The number of hydrogen-bond acceptors (Lipinski definition) is 4. The van der Waals surface area contributed by atoms with Crippen molar-refractivity contribution < 1.29 is 4.79 Å². The Balaban J connectivity index is 0.00000144. The standard InChI is InChI=1S/C11H17N3OS.2ClH/c1-8-10(16-7-13-8)11(15)14-4-2-9(6-12)3-5-14;;/h7,9H,2-6,12H2,1H3;2*1H. The van der Waals surface area contributed by atoms with Crippen molar-refractivity contribution >= 4 is 42.1 Å². The molecule has 4 nitrogen and oxygen atoms in total. The molecule has 104 valence electrons. The van der Waals surface area contributed by atoms with Gasteiger partial charge in [0.2, 0.25) is 0 Å². The summed E-state index contributed by atoms with van der Waals surface area (Å²) in [6.07, 6.45) is 2.06. The largest absolute Gasteiger partial charge is 0.338 e. The van der Waals surface area contributed by atoms with E-state index in [0.717, 1.165) is 43.0 Å². The van der Waals surface area contributed by atoms with Crippen molar-refractivity contribution in [2.75, 3.05) is 19.6 Å². The van der Waals surface area contributed by atoms with E-state index in [1.165, 1.54) is 11.3 Å². The number of aromatic nitrogens is 1. The third kappa shape index (κ3) is 3.82. The van der Waals surface area contributed by atoms with E-state index in [0.29, 0.717) is 5.92 Å². The van der Waals surface area contributed by atoms with Crippen LogP contribution in [0.1, 0.15) is 28.2 Å². The zero-order valence-electron chi connectivity index (χ0n) is 10.3. The number of aryl methyl sites for hydroxylation is 1. The summed E-state index contributed by atoms with van der Waals surface area (Å²) in [4.78, 5) is 19.0. The number of hydrogen-bond donors (Lipinski definition) is 1. The molecule has 0 radical (unpaired) electrons. The summed E-state index contributed by atoms with van der Waals surface area (Å²) in [6.45, 7) is 4.29. The molecule has 18 heavy (non-hydrogen) atoms. The van der Waals surface area contributed by atoms with Crippen LogP contribution in [0.3, 0.4) is 0 Å². The van der Waals surface area contributed by atoms with Crippen molar-refractivity contribution in [3.05, 3.63) is 16.1 Å². The minimum Gasteiger partial charge on any atom is -0.338 e. The van der Waals surface area contributed by atoms with Gasteiger partial charge in [0.25, 0.3) is 5.91 Å². The van der Waals surface area contributed by atoms with Crippen LogP contribution in [-0.2, 0) is 0 Å². The van der Waals surface area contributed by atoms with Gasteiger partial charge in [-0.1, -0.05) is 0 Å². The molecule has 1 fully saturated rings. The Kier molecular flexibility index (Phi) is 7.78. The summed E-state index contributed by atoms with van der Waals surface area (Å²) in [5, 5.41) is 0. The third-order valence-corrected chi connectivity index (χ3v) is 4.09. The molecule has 1 aliphatic rings. The van der Waals surface area contributed by atoms with Gasteiger partial charge in [0.05, 0.1) is 11.2 Å². The lowest BCUT2D eigenvalue weighted by atomic mass is 9.97. The first-order valence-corrected chi connectivity index (χ1v) is 6.49. The van der Waals surface area contributed by atoms with Crippen molar-refractivity contribution in [1.82, 2.24) is 9.88 Å². The topological polar surface area (TPSA) is 59.2 Å². The molecule has 7 heteroatoms. The molecule has 0 atom stereocenters. The summed E-state index contributed by atoms with van der Waals surface area (Å²) in [5.74, 6) is 0.724. The SMILES string of the molecule is Cc1ncsc1C(=O)N1CCC(CN)CC1.Cl.Cl. The molecule has 0 saturated carbocycles. The number of likely N-dealkylation sites (tertiary alicyclic amines) is 1. The zero-order valence-corrected chi connectivity index (χ0v) is 12.7. The van der Waals surface area contributed by atoms with Gasteiger partial charge in [0.1, 0.15) is 4.88 Å². The number of amides is 1. The quantitative estimate of drug-likeness (QED) is 0.910. The molecule has 0 bridgehead atoms. The number of nitrogens with two attached hydrogens (primary N) is 1. The van der Waals surface area contributed by atoms with Gasteiger partial charge in [-0.15, -0.1) is 36.2 Å². The fourth-order valence-electron chi connectivity index (χ4n) is 2.02. The lowest BCUT2D eigenvalue weighted by molar-refractivity contribution is 0.0697. The highest BCUT2D eigenvalue weighted by Crippen LogP contribution is 2.20. The predicted octanol–water partition coefficient (Wildman–Crippen LogP) is 2.11. The molecule has 1 aromatic heterocycles. The Morgan fingerprint density at radius 1 is 1.50 bits per heavy atom. The minimum absolute atomic E-state index is 0. The van der Waals surface area contributed by atoms with Gasteiger partial charge in [0, 0.05) is 13.1 Å². The molecule has 1 saturated heterocycles. The summed E-state index contributed by atoms with van der Waals surface area (Å²) < 4.78 is 0. The van der Waals surface area contributed by atoms with Crippen LogP contribution in [0.2, 0.25) is 0 Å². The van der Waals surface area contributed by atoms with Crippen molar-refractivity contribution in [3.63, 3.8) is 0 Å². The second-order valence-corrected chi connectivity index (χ2v) is 5.09. The van der Waals surface area contributed by atoms with Crippen LogP contribution >= 0.6 is 36.2 Å². The van der Waals surface area contributed by atoms with Gasteiger partial charge in [-0.25, -0.2) is 4.98 Å². The number of nitrogens with zero attached hydrogens (tertiary/aromatic N) is 2. The first-order valence-electron chi connectivity index (χ1n) is 5.61. The average molecular weight is 312 g/mol. The fourth-order valence-corrected chi connectivity index (χ4v) is 2.79. The molecule has 2 N–H and O–H groups in total. The molecule has 1 aromatic rings. The van der Waals surface area contributed by atoms with E-state index in [-0.39, 0.29) is 30.7 Å². The van der Waals surface area contributed by atoms with E-state index in [1.54, 1.807) is 5.51 Å². The highest BCUT2D eigenvalue weighted by molar-refractivity contribution is 7.11. The van der Waals surface area contributed by atoms with Gasteiger partial charge in [-0.2, -0.15) is 0 Å². The van der Waals surface area contributed by atoms with E-state index in [4.69, 9.17) is 5.73 Å².